The van der Waals surface area contributed by atoms with E-state index in [-0.39, 0.29) is 5.91 Å². The Kier molecular flexibility index (Phi) is 6.10. The Hall–Kier alpha value is -1.85. The van der Waals surface area contributed by atoms with Crippen molar-refractivity contribution in [2.24, 2.45) is 0 Å². The lowest BCUT2D eigenvalue weighted by Gasteiger charge is -2.26. The van der Waals surface area contributed by atoms with Crippen LogP contribution in [0.4, 0.5) is 5.82 Å². The Morgan fingerprint density at radius 1 is 1.32 bits per heavy atom. The van der Waals surface area contributed by atoms with Crippen molar-refractivity contribution in [1.82, 2.24) is 15.1 Å². The Balaban J connectivity index is 1.50. The molecule has 2 N–H and O–H groups in total. The molecule has 0 saturated carbocycles. The van der Waals surface area contributed by atoms with Crippen LogP contribution < -0.4 is 5.32 Å². The molecule has 5 nitrogen and oxygen atoms in total. The van der Waals surface area contributed by atoms with Crippen molar-refractivity contribution in [3.05, 3.63) is 34.9 Å². The van der Waals surface area contributed by atoms with E-state index in [1.807, 2.05) is 31.2 Å². The lowest BCUT2D eigenvalue weighted by atomic mass is 10.1. The molecule has 0 radical (unpaired) electrons. The molecular formula is C19H25ClN4O. The largest absolute Gasteiger partial charge is 0.309 e. The van der Waals surface area contributed by atoms with E-state index in [2.05, 4.69) is 20.4 Å². The number of anilines is 1. The number of nitrogens with zero attached hydrogens (tertiary/aromatic N) is 2. The lowest BCUT2D eigenvalue weighted by Crippen LogP contribution is -2.31. The molecule has 0 spiro atoms. The summed E-state index contributed by atoms with van der Waals surface area (Å²) in [6.45, 7) is 5.31. The van der Waals surface area contributed by atoms with Gasteiger partial charge in [-0.2, -0.15) is 5.10 Å². The van der Waals surface area contributed by atoms with E-state index in [1.165, 1.54) is 32.4 Å². The molecule has 25 heavy (non-hydrogen) atoms. The predicted molar refractivity (Wildman–Crippen MR) is 102 cm³/mol. The number of carbonyl (C=O) groups excluding carboxylic acids is 1. The van der Waals surface area contributed by atoms with Crippen molar-refractivity contribution in [1.29, 1.82) is 0 Å². The maximum Gasteiger partial charge on any atom is 0.225 e. The molecule has 6 heteroatoms. The molecule has 1 aliphatic rings. The summed E-state index contributed by atoms with van der Waals surface area (Å²) >= 11 is 6.17. The van der Waals surface area contributed by atoms with Crippen LogP contribution in [0.25, 0.3) is 11.3 Å². The third kappa shape index (κ3) is 4.83. The van der Waals surface area contributed by atoms with Gasteiger partial charge in [-0.1, -0.05) is 30.2 Å². The molecule has 134 valence electrons. The monoisotopic (exact) mass is 360 g/mol. The first kappa shape index (κ1) is 18.0. The molecule has 0 aliphatic carbocycles. The van der Waals surface area contributed by atoms with Crippen LogP contribution in [-0.2, 0) is 4.79 Å². The Labute approximate surface area is 153 Å². The van der Waals surface area contributed by atoms with Gasteiger partial charge < -0.3 is 10.2 Å². The maximum atomic E-state index is 12.1. The van der Waals surface area contributed by atoms with Gasteiger partial charge in [-0.15, -0.1) is 0 Å². The highest BCUT2D eigenvalue weighted by molar-refractivity contribution is 6.31. The number of amides is 1. The van der Waals surface area contributed by atoms with Gasteiger partial charge in [0.25, 0.3) is 0 Å². The molecule has 1 amide bonds. The van der Waals surface area contributed by atoms with Crippen LogP contribution in [0.2, 0.25) is 5.02 Å². The smallest absolute Gasteiger partial charge is 0.225 e. The summed E-state index contributed by atoms with van der Waals surface area (Å²) in [5.41, 5.74) is 2.83. The Morgan fingerprint density at radius 2 is 2.12 bits per heavy atom. The number of hydrogen-bond acceptors (Lipinski definition) is 3. The SMILES string of the molecule is Cc1c(Cl)cccc1-c1cc(NC(=O)CCCN2CCCCC2)n[nH]1. The fourth-order valence-corrected chi connectivity index (χ4v) is 3.45. The van der Waals surface area contributed by atoms with E-state index in [0.29, 0.717) is 12.2 Å². The van der Waals surface area contributed by atoms with Crippen molar-refractivity contribution >= 4 is 23.3 Å². The second-order valence-corrected chi connectivity index (χ2v) is 7.04. The molecule has 3 rings (SSSR count). The summed E-state index contributed by atoms with van der Waals surface area (Å²) in [5, 5.41) is 10.8. The van der Waals surface area contributed by atoms with Gasteiger partial charge in [0.2, 0.25) is 5.91 Å². The third-order valence-electron chi connectivity index (χ3n) is 4.73. The number of halogens is 1. The number of H-pyrrole nitrogens is 1. The van der Waals surface area contributed by atoms with E-state index in [1.54, 1.807) is 0 Å². The highest BCUT2D eigenvalue weighted by Gasteiger charge is 2.12. The fraction of sp³-hybridized carbons (Fsp3) is 0.474. The van der Waals surface area contributed by atoms with E-state index >= 15 is 0 Å². The molecule has 1 aliphatic heterocycles. The highest BCUT2D eigenvalue weighted by Crippen LogP contribution is 2.28. The normalized spacial score (nSPS) is 15.3. The first-order valence-electron chi connectivity index (χ1n) is 8.96. The zero-order chi connectivity index (χ0) is 17.6. The van der Waals surface area contributed by atoms with Crippen LogP contribution in [0.3, 0.4) is 0 Å². The third-order valence-corrected chi connectivity index (χ3v) is 5.14. The minimum atomic E-state index is 0.0119. The molecule has 1 saturated heterocycles. The van der Waals surface area contributed by atoms with Gasteiger partial charge in [0.15, 0.2) is 5.82 Å². The van der Waals surface area contributed by atoms with E-state index < -0.39 is 0 Å². The summed E-state index contributed by atoms with van der Waals surface area (Å²) in [7, 11) is 0. The van der Waals surface area contributed by atoms with Crippen LogP contribution >= 0.6 is 11.6 Å². The molecular weight excluding hydrogens is 336 g/mol. The zero-order valence-corrected chi connectivity index (χ0v) is 15.4. The average molecular weight is 361 g/mol. The maximum absolute atomic E-state index is 12.1. The molecule has 0 bridgehead atoms. The molecule has 2 aromatic rings. The van der Waals surface area contributed by atoms with Gasteiger partial charge in [-0.05, 0) is 57.5 Å². The minimum absolute atomic E-state index is 0.0119. The molecule has 0 unspecified atom stereocenters. The van der Waals surface area contributed by atoms with Gasteiger partial charge in [-0.3, -0.25) is 9.89 Å². The van der Waals surface area contributed by atoms with Crippen molar-refractivity contribution in [3.8, 4) is 11.3 Å². The van der Waals surface area contributed by atoms with E-state index in [0.717, 1.165) is 34.8 Å². The van der Waals surface area contributed by atoms with Crippen molar-refractivity contribution in [3.63, 3.8) is 0 Å². The summed E-state index contributed by atoms with van der Waals surface area (Å²) < 4.78 is 0. The molecule has 2 heterocycles. The molecule has 0 atom stereocenters. The Bertz CT molecular complexity index is 722. The van der Waals surface area contributed by atoms with Crippen LogP contribution in [0.15, 0.2) is 24.3 Å². The lowest BCUT2D eigenvalue weighted by molar-refractivity contribution is -0.116. The average Bonchev–Trinajstić information content (AvgIpc) is 3.06. The van der Waals surface area contributed by atoms with Crippen LogP contribution in [-0.4, -0.2) is 40.6 Å². The Morgan fingerprint density at radius 3 is 2.92 bits per heavy atom. The molecule has 1 aromatic heterocycles. The number of rotatable bonds is 6. The van der Waals surface area contributed by atoms with Crippen molar-refractivity contribution in [2.45, 2.75) is 39.0 Å². The first-order valence-corrected chi connectivity index (χ1v) is 9.34. The number of carbonyl (C=O) groups is 1. The predicted octanol–water partition coefficient (Wildman–Crippen LogP) is 4.24. The topological polar surface area (TPSA) is 61.0 Å². The number of likely N-dealkylation sites (tertiary alicyclic amines) is 1. The van der Waals surface area contributed by atoms with Crippen LogP contribution in [0.5, 0.6) is 0 Å². The zero-order valence-electron chi connectivity index (χ0n) is 14.6. The molecule has 1 aromatic carbocycles. The number of benzene rings is 1. The molecule has 1 fully saturated rings. The van der Waals surface area contributed by atoms with Gasteiger partial charge in [0.1, 0.15) is 0 Å². The van der Waals surface area contributed by atoms with Gasteiger partial charge in [0.05, 0.1) is 5.69 Å². The second-order valence-electron chi connectivity index (χ2n) is 6.63. The summed E-state index contributed by atoms with van der Waals surface area (Å²) in [6, 6.07) is 7.60. The van der Waals surface area contributed by atoms with Crippen molar-refractivity contribution in [2.75, 3.05) is 25.0 Å². The van der Waals surface area contributed by atoms with Gasteiger partial charge in [0, 0.05) is 23.1 Å². The van der Waals surface area contributed by atoms with E-state index in [9.17, 15) is 4.79 Å². The summed E-state index contributed by atoms with van der Waals surface area (Å²) in [5.74, 6) is 0.565. The van der Waals surface area contributed by atoms with Gasteiger partial charge >= 0.3 is 0 Å². The number of hydrogen-bond donors (Lipinski definition) is 2. The van der Waals surface area contributed by atoms with Crippen LogP contribution in [0.1, 0.15) is 37.7 Å². The number of aromatic amines is 1. The number of piperidine rings is 1. The van der Waals surface area contributed by atoms with E-state index in [4.69, 9.17) is 11.6 Å². The second kappa shape index (κ2) is 8.50. The van der Waals surface area contributed by atoms with Gasteiger partial charge in [-0.25, -0.2) is 0 Å². The highest BCUT2D eigenvalue weighted by atomic mass is 35.5. The summed E-state index contributed by atoms with van der Waals surface area (Å²) in [4.78, 5) is 14.6. The summed E-state index contributed by atoms with van der Waals surface area (Å²) in [6.07, 6.45) is 5.31. The minimum Gasteiger partial charge on any atom is -0.309 e. The van der Waals surface area contributed by atoms with Crippen molar-refractivity contribution < 1.29 is 4.79 Å². The number of aromatic nitrogens is 2. The fourth-order valence-electron chi connectivity index (χ4n) is 3.27. The van der Waals surface area contributed by atoms with Crippen LogP contribution in [0, 0.1) is 6.92 Å². The first-order chi connectivity index (χ1) is 12.1. The quantitative estimate of drug-likeness (QED) is 0.809. The standard InChI is InChI=1S/C19H25ClN4O/c1-14-15(7-5-8-16(14)20)17-13-18(23-22-17)21-19(25)9-6-12-24-10-3-2-4-11-24/h5,7-8,13H,2-4,6,9-12H2,1H3,(H2,21,22,23,25). The number of nitrogens with one attached hydrogen (secondary N) is 2.